The Kier molecular flexibility index (Phi) is 7.54. The molecule has 1 aliphatic rings. The van der Waals surface area contributed by atoms with E-state index in [2.05, 4.69) is 15.3 Å². The highest BCUT2D eigenvalue weighted by Crippen LogP contribution is 2.14. The molecule has 0 saturated carbocycles. The molecule has 3 rings (SSSR count). The smallest absolute Gasteiger partial charge is 0.181 e. The number of hydrogen-bond acceptors (Lipinski definition) is 5. The van der Waals surface area contributed by atoms with E-state index < -0.39 is 0 Å². The van der Waals surface area contributed by atoms with Gasteiger partial charge in [-0.2, -0.15) is 0 Å². The molecular formula is C15H23N3O2. The second-order valence-corrected chi connectivity index (χ2v) is 4.23. The van der Waals surface area contributed by atoms with Crippen molar-refractivity contribution in [3.05, 3.63) is 36.5 Å². The van der Waals surface area contributed by atoms with E-state index in [1.165, 1.54) is 6.39 Å². The number of aliphatic hydroxyl groups excluding tert-OH is 1. The predicted molar refractivity (Wildman–Crippen MR) is 79.3 cm³/mol. The minimum absolute atomic E-state index is 0.0648. The molecule has 1 saturated heterocycles. The van der Waals surface area contributed by atoms with Crippen LogP contribution in [0.5, 0.6) is 0 Å². The normalized spacial score (nSPS) is 16.7. The molecule has 0 amide bonds. The lowest BCUT2D eigenvalue weighted by atomic mass is 10.2. The fraction of sp³-hybridized carbons (Fsp3) is 0.467. The zero-order chi connectivity index (χ0) is 14.8. The van der Waals surface area contributed by atoms with E-state index >= 15 is 0 Å². The highest BCUT2D eigenvalue weighted by atomic mass is 16.3. The van der Waals surface area contributed by atoms with E-state index in [1.54, 1.807) is 12.4 Å². The molecule has 5 heteroatoms. The maximum atomic E-state index is 8.67. The molecular weight excluding hydrogens is 254 g/mol. The Morgan fingerprint density at radius 2 is 2.10 bits per heavy atom. The molecule has 1 aliphatic heterocycles. The average Bonchev–Trinajstić information content (AvgIpc) is 3.16. The molecule has 0 radical (unpaired) electrons. The number of rotatable bonds is 1. The summed E-state index contributed by atoms with van der Waals surface area (Å²) in [6.45, 7) is 7.78. The lowest BCUT2D eigenvalue weighted by molar-refractivity contribution is 0.196. The number of hydrogen-bond donors (Lipinski definition) is 2. The zero-order valence-corrected chi connectivity index (χ0v) is 12.3. The first kappa shape index (κ1) is 16.3. The Morgan fingerprint density at radius 3 is 2.50 bits per heavy atom. The van der Waals surface area contributed by atoms with Gasteiger partial charge < -0.3 is 14.8 Å². The third-order valence-corrected chi connectivity index (χ3v) is 2.63. The summed E-state index contributed by atoms with van der Waals surface area (Å²) in [5.41, 5.74) is 1.95. The molecule has 0 aliphatic carbocycles. The maximum absolute atomic E-state index is 8.67. The Hall–Kier alpha value is -1.72. The van der Waals surface area contributed by atoms with Gasteiger partial charge in [0.05, 0.1) is 12.3 Å². The minimum atomic E-state index is -0.0648. The van der Waals surface area contributed by atoms with Gasteiger partial charge in [-0.15, -0.1) is 0 Å². The molecule has 1 unspecified atom stereocenters. The van der Waals surface area contributed by atoms with Crippen molar-refractivity contribution in [1.29, 1.82) is 0 Å². The molecule has 2 aromatic heterocycles. The standard InChI is InChI=1S/C9H8N2O.C4H9NO.C2H6/c1-7-2-3-8(11-4-7)9-5-10-6-12-9;6-4-1-2-5-3-4;1-2/h2-6H,1H3;4-6H,1-3H2;1-2H3. The summed E-state index contributed by atoms with van der Waals surface area (Å²) in [6.07, 6.45) is 5.72. The summed E-state index contributed by atoms with van der Waals surface area (Å²) in [5.74, 6) is 0.704. The van der Waals surface area contributed by atoms with E-state index in [9.17, 15) is 0 Å². The molecule has 20 heavy (non-hydrogen) atoms. The van der Waals surface area contributed by atoms with Crippen molar-refractivity contribution in [2.24, 2.45) is 0 Å². The quantitative estimate of drug-likeness (QED) is 0.837. The van der Waals surface area contributed by atoms with Crippen LogP contribution in [0.25, 0.3) is 11.5 Å². The van der Waals surface area contributed by atoms with Gasteiger partial charge in [-0.3, -0.25) is 4.98 Å². The van der Waals surface area contributed by atoms with Gasteiger partial charge in [-0.25, -0.2) is 4.98 Å². The molecule has 1 fully saturated rings. The van der Waals surface area contributed by atoms with Crippen LogP contribution in [0.4, 0.5) is 0 Å². The summed E-state index contributed by atoms with van der Waals surface area (Å²) < 4.78 is 5.09. The van der Waals surface area contributed by atoms with Crippen molar-refractivity contribution in [2.45, 2.75) is 33.3 Å². The van der Waals surface area contributed by atoms with Crippen molar-refractivity contribution in [2.75, 3.05) is 13.1 Å². The summed E-state index contributed by atoms with van der Waals surface area (Å²) in [7, 11) is 0. The fourth-order valence-electron chi connectivity index (χ4n) is 1.60. The number of aliphatic hydroxyl groups is 1. The second kappa shape index (κ2) is 9.23. The lowest BCUT2D eigenvalue weighted by Crippen LogP contribution is -2.11. The van der Waals surface area contributed by atoms with E-state index in [-0.39, 0.29) is 6.10 Å². The monoisotopic (exact) mass is 277 g/mol. The molecule has 0 spiro atoms. The Bertz CT molecular complexity index is 448. The van der Waals surface area contributed by atoms with Crippen LogP contribution in [0, 0.1) is 6.92 Å². The number of aromatic nitrogens is 2. The second-order valence-electron chi connectivity index (χ2n) is 4.23. The van der Waals surface area contributed by atoms with Crippen molar-refractivity contribution < 1.29 is 9.52 Å². The van der Waals surface area contributed by atoms with Crippen LogP contribution >= 0.6 is 0 Å². The average molecular weight is 277 g/mol. The summed E-state index contributed by atoms with van der Waals surface area (Å²) in [6, 6.07) is 3.90. The van der Waals surface area contributed by atoms with Crippen molar-refractivity contribution in [3.63, 3.8) is 0 Å². The molecule has 0 bridgehead atoms. The number of pyridine rings is 1. The van der Waals surface area contributed by atoms with Crippen LogP contribution in [0.1, 0.15) is 25.8 Å². The molecule has 1 atom stereocenters. The number of oxazole rings is 1. The SMILES string of the molecule is CC.Cc1ccc(-c2cnco2)nc1.OC1CCNC1. The third kappa shape index (κ3) is 5.50. The predicted octanol–water partition coefficient (Wildman–Crippen LogP) is 2.41. The lowest BCUT2D eigenvalue weighted by Gasteiger charge is -1.94. The van der Waals surface area contributed by atoms with E-state index in [0.717, 1.165) is 30.8 Å². The fourth-order valence-corrected chi connectivity index (χ4v) is 1.60. The van der Waals surface area contributed by atoms with Gasteiger partial charge >= 0.3 is 0 Å². The van der Waals surface area contributed by atoms with Crippen LogP contribution in [0.2, 0.25) is 0 Å². The molecule has 5 nitrogen and oxygen atoms in total. The van der Waals surface area contributed by atoms with Crippen LogP contribution in [-0.2, 0) is 0 Å². The third-order valence-electron chi connectivity index (χ3n) is 2.63. The van der Waals surface area contributed by atoms with Crippen molar-refractivity contribution in [1.82, 2.24) is 15.3 Å². The number of β-amino-alcohol motifs (C(OH)–C–C–N with tert-alkyl or cyclic N) is 1. The first-order valence-electron chi connectivity index (χ1n) is 6.96. The molecule has 0 aromatic carbocycles. The molecule has 3 heterocycles. The van der Waals surface area contributed by atoms with Crippen LogP contribution < -0.4 is 5.32 Å². The first-order chi connectivity index (χ1) is 9.75. The molecule has 2 aromatic rings. The largest absolute Gasteiger partial charge is 0.442 e. The highest BCUT2D eigenvalue weighted by molar-refractivity contribution is 5.49. The van der Waals surface area contributed by atoms with Crippen molar-refractivity contribution in [3.8, 4) is 11.5 Å². The topological polar surface area (TPSA) is 71.2 Å². The number of nitrogens with one attached hydrogen (secondary N) is 1. The number of nitrogens with zero attached hydrogens (tertiary/aromatic N) is 2. The Balaban J connectivity index is 0.000000211. The Morgan fingerprint density at radius 1 is 1.30 bits per heavy atom. The summed E-state index contributed by atoms with van der Waals surface area (Å²) in [4.78, 5) is 8.00. The van der Waals surface area contributed by atoms with E-state index in [4.69, 9.17) is 9.52 Å². The van der Waals surface area contributed by atoms with Gasteiger partial charge in [0, 0.05) is 12.7 Å². The van der Waals surface area contributed by atoms with E-state index in [0.29, 0.717) is 5.76 Å². The van der Waals surface area contributed by atoms with Gasteiger partial charge in [0.15, 0.2) is 12.2 Å². The summed E-state index contributed by atoms with van der Waals surface area (Å²) in [5, 5.41) is 11.7. The van der Waals surface area contributed by atoms with Gasteiger partial charge in [0.1, 0.15) is 5.69 Å². The maximum Gasteiger partial charge on any atom is 0.181 e. The van der Waals surface area contributed by atoms with Gasteiger partial charge in [0.2, 0.25) is 0 Å². The van der Waals surface area contributed by atoms with Crippen molar-refractivity contribution >= 4 is 0 Å². The zero-order valence-electron chi connectivity index (χ0n) is 12.3. The minimum Gasteiger partial charge on any atom is -0.442 e. The van der Waals surface area contributed by atoms with Gasteiger partial charge in [0.25, 0.3) is 0 Å². The van der Waals surface area contributed by atoms with Crippen LogP contribution in [-0.4, -0.2) is 34.3 Å². The molecule has 110 valence electrons. The first-order valence-corrected chi connectivity index (χ1v) is 6.96. The van der Waals surface area contributed by atoms with Crippen LogP contribution in [0.15, 0.2) is 35.3 Å². The van der Waals surface area contributed by atoms with E-state index in [1.807, 2.05) is 32.9 Å². The summed E-state index contributed by atoms with van der Waals surface area (Å²) >= 11 is 0. The van der Waals surface area contributed by atoms with Gasteiger partial charge in [-0.1, -0.05) is 19.9 Å². The highest BCUT2D eigenvalue weighted by Gasteiger charge is 2.08. The Labute approximate surface area is 120 Å². The van der Waals surface area contributed by atoms with Gasteiger partial charge in [-0.05, 0) is 31.5 Å². The number of aryl methyl sites for hydroxylation is 1. The molecule has 2 N–H and O–H groups in total. The van der Waals surface area contributed by atoms with Crippen LogP contribution in [0.3, 0.4) is 0 Å².